The summed E-state index contributed by atoms with van der Waals surface area (Å²) in [4.78, 5) is 43.5. The van der Waals surface area contributed by atoms with Crippen molar-refractivity contribution in [1.29, 1.82) is 0 Å². The first kappa shape index (κ1) is 31.6. The number of carboxylic acids is 1. The molecular weight excluding hydrogens is 614 g/mol. The van der Waals surface area contributed by atoms with Gasteiger partial charge in [-0.15, -0.1) is 21.5 Å². The van der Waals surface area contributed by atoms with Crippen molar-refractivity contribution in [2.45, 2.75) is 39.7 Å². The van der Waals surface area contributed by atoms with Gasteiger partial charge >= 0.3 is 5.97 Å². The number of carbonyl (C=O) groups is 3. The maximum absolute atomic E-state index is 13.2. The number of anilines is 1. The van der Waals surface area contributed by atoms with Gasteiger partial charge in [0.05, 0.1) is 24.2 Å². The number of nitrogens with one attached hydrogen (secondary N) is 2. The number of benzene rings is 2. The molecule has 0 radical (unpaired) electrons. The molecule has 0 spiro atoms. The summed E-state index contributed by atoms with van der Waals surface area (Å²) >= 11 is 7.81. The van der Waals surface area contributed by atoms with E-state index in [9.17, 15) is 19.5 Å². The molecule has 1 atom stereocenters. The second kappa shape index (κ2) is 13.4. The second-order valence-corrected chi connectivity index (χ2v) is 12.0. The molecule has 0 fully saturated rings. The number of amides is 2. The van der Waals surface area contributed by atoms with Crippen molar-refractivity contribution in [2.24, 2.45) is 10.7 Å². The Balaban J connectivity index is 1.31. The number of carbonyl (C=O) groups excluding carboxylic acids is 2. The predicted octanol–water partition coefficient (Wildman–Crippen LogP) is 4.34. The Labute approximate surface area is 268 Å². The van der Waals surface area contributed by atoms with Crippen LogP contribution in [0, 0.1) is 32.6 Å². The summed E-state index contributed by atoms with van der Waals surface area (Å²) in [6, 6.07) is 11.1. The summed E-state index contributed by atoms with van der Waals surface area (Å²) in [5.74, 6) is 4.79. The van der Waals surface area contributed by atoms with Gasteiger partial charge in [0.15, 0.2) is 5.82 Å². The predicted molar refractivity (Wildman–Crippen MR) is 173 cm³/mol. The maximum atomic E-state index is 13.2. The minimum Gasteiger partial charge on any atom is -0.478 e. The molecule has 5 rings (SSSR count). The van der Waals surface area contributed by atoms with Crippen molar-refractivity contribution in [3.8, 4) is 16.8 Å². The topological polar surface area (TPSA) is 165 Å². The third-order valence-electron chi connectivity index (χ3n) is 7.27. The summed E-state index contributed by atoms with van der Waals surface area (Å²) in [7, 11) is 0. The highest BCUT2D eigenvalue weighted by molar-refractivity contribution is 7.15. The quantitative estimate of drug-likeness (QED) is 0.207. The lowest BCUT2D eigenvalue weighted by atomic mass is 9.99. The summed E-state index contributed by atoms with van der Waals surface area (Å²) in [5, 5.41) is 25.2. The fourth-order valence-electron chi connectivity index (χ4n) is 4.98. The normalized spacial score (nSPS) is 13.4. The number of aryl methyl sites for hydroxylation is 2. The zero-order valence-corrected chi connectivity index (χ0v) is 26.3. The van der Waals surface area contributed by atoms with E-state index < -0.39 is 12.0 Å². The summed E-state index contributed by atoms with van der Waals surface area (Å²) in [6.07, 6.45) is -0.0190. The van der Waals surface area contributed by atoms with Crippen molar-refractivity contribution in [2.75, 3.05) is 18.4 Å². The zero-order chi connectivity index (χ0) is 32.2. The molecule has 2 aromatic heterocycles. The van der Waals surface area contributed by atoms with Gasteiger partial charge in [-0.05, 0) is 56.7 Å². The van der Waals surface area contributed by atoms with Gasteiger partial charge in [0.1, 0.15) is 16.9 Å². The van der Waals surface area contributed by atoms with E-state index in [2.05, 4.69) is 46.5 Å². The van der Waals surface area contributed by atoms with Gasteiger partial charge in [-0.1, -0.05) is 35.6 Å². The number of rotatable bonds is 8. The van der Waals surface area contributed by atoms with Gasteiger partial charge < -0.3 is 21.5 Å². The average molecular weight is 644 g/mol. The first-order valence-electron chi connectivity index (χ1n) is 14.1. The van der Waals surface area contributed by atoms with E-state index in [-0.39, 0.29) is 48.9 Å². The largest absolute Gasteiger partial charge is 0.478 e. The molecule has 11 nitrogen and oxygen atoms in total. The van der Waals surface area contributed by atoms with Gasteiger partial charge in [-0.25, -0.2) is 4.79 Å². The number of nitrogens with two attached hydrogens (primary N) is 1. The van der Waals surface area contributed by atoms with Crippen LogP contribution < -0.4 is 16.4 Å². The van der Waals surface area contributed by atoms with E-state index in [0.717, 1.165) is 32.3 Å². The van der Waals surface area contributed by atoms with E-state index in [4.69, 9.17) is 22.3 Å². The first-order valence-corrected chi connectivity index (χ1v) is 15.3. The van der Waals surface area contributed by atoms with Crippen molar-refractivity contribution < 1.29 is 19.5 Å². The Morgan fingerprint density at radius 3 is 2.56 bits per heavy atom. The molecule has 5 N–H and O–H groups in total. The molecular formula is C32H30ClN7O4S. The molecule has 0 bridgehead atoms. The van der Waals surface area contributed by atoms with Gasteiger partial charge in [-0.3, -0.25) is 19.1 Å². The van der Waals surface area contributed by atoms with Crippen LogP contribution in [0.3, 0.4) is 0 Å². The number of hydrogen-bond acceptors (Lipinski definition) is 8. The Morgan fingerprint density at radius 2 is 1.84 bits per heavy atom. The molecule has 13 heteroatoms. The van der Waals surface area contributed by atoms with Gasteiger partial charge in [0.25, 0.3) is 0 Å². The molecule has 1 aliphatic rings. The van der Waals surface area contributed by atoms with Crippen molar-refractivity contribution >= 4 is 52.1 Å². The molecule has 45 heavy (non-hydrogen) atoms. The number of hydrogen-bond donors (Lipinski definition) is 4. The number of carboxylic acid groups (broad SMARTS) is 1. The Kier molecular flexibility index (Phi) is 9.43. The SMILES string of the molecule is Cc1sc2c(c1C)C(c1ccc(Cl)cc1)=N[C@@H](CC(=O)NCCC(=O)Nc1ccc(C(=O)O)c(C#CCN)c1)c1nnc(C)n1-2. The van der Waals surface area contributed by atoms with E-state index in [1.807, 2.05) is 35.8 Å². The van der Waals surface area contributed by atoms with Crippen LogP contribution in [0.2, 0.25) is 5.02 Å². The fourth-order valence-corrected chi connectivity index (χ4v) is 6.32. The van der Waals surface area contributed by atoms with Gasteiger partial charge in [0, 0.05) is 45.2 Å². The lowest BCUT2D eigenvalue weighted by Gasteiger charge is -2.13. The van der Waals surface area contributed by atoms with Crippen LogP contribution in [-0.2, 0) is 9.59 Å². The van der Waals surface area contributed by atoms with Crippen LogP contribution in [0.15, 0.2) is 47.5 Å². The molecule has 230 valence electrons. The molecule has 4 aromatic rings. The highest BCUT2D eigenvalue weighted by atomic mass is 35.5. The van der Waals surface area contributed by atoms with E-state index >= 15 is 0 Å². The van der Waals surface area contributed by atoms with Crippen LogP contribution in [-0.4, -0.2) is 56.5 Å². The van der Waals surface area contributed by atoms with E-state index in [0.29, 0.717) is 22.4 Å². The van der Waals surface area contributed by atoms with Crippen molar-refractivity contribution in [3.05, 3.63) is 91.8 Å². The molecule has 2 aromatic carbocycles. The second-order valence-electron chi connectivity index (χ2n) is 10.3. The third kappa shape index (κ3) is 6.81. The van der Waals surface area contributed by atoms with Crippen LogP contribution in [0.4, 0.5) is 5.69 Å². The molecule has 0 aliphatic carbocycles. The molecule has 3 heterocycles. The number of halogens is 1. The minimum absolute atomic E-state index is 0.00738. The number of aromatic nitrogens is 3. The summed E-state index contributed by atoms with van der Waals surface area (Å²) in [5.41, 5.74) is 9.72. The maximum Gasteiger partial charge on any atom is 0.336 e. The standard InChI is InChI=1S/C32H30ClN7O4S/c1-17-18(2)45-31-28(17)29(20-6-8-22(33)9-7-20)37-25(30-39-38-19(3)40(30)31)16-27(42)35-14-12-26(41)36-23-10-11-24(32(43)44)21(15-23)5-4-13-34/h6-11,15,25H,12-14,16,34H2,1-3H3,(H,35,42)(H,36,41)(H,43,44)/t25-/m0/s1. The number of nitrogens with zero attached hydrogens (tertiary/aromatic N) is 4. The fraction of sp³-hybridized carbons (Fsp3) is 0.250. The molecule has 0 saturated carbocycles. The lowest BCUT2D eigenvalue weighted by molar-refractivity contribution is -0.121. The molecule has 0 saturated heterocycles. The third-order valence-corrected chi connectivity index (χ3v) is 8.71. The van der Waals surface area contributed by atoms with Gasteiger partial charge in [-0.2, -0.15) is 0 Å². The van der Waals surface area contributed by atoms with E-state index in [1.165, 1.54) is 18.2 Å². The molecule has 2 amide bonds. The summed E-state index contributed by atoms with van der Waals surface area (Å²) < 4.78 is 1.97. The number of aliphatic imine (C=N–C) groups is 1. The monoisotopic (exact) mass is 643 g/mol. The average Bonchev–Trinajstić information content (AvgIpc) is 3.48. The summed E-state index contributed by atoms with van der Waals surface area (Å²) in [6.45, 7) is 6.14. The zero-order valence-electron chi connectivity index (χ0n) is 24.8. The molecule has 1 aliphatic heterocycles. The number of aromatic carboxylic acids is 1. The number of fused-ring (bicyclic) bond motifs is 3. The van der Waals surface area contributed by atoms with Crippen molar-refractivity contribution in [1.82, 2.24) is 20.1 Å². The number of thiophene rings is 1. The van der Waals surface area contributed by atoms with E-state index in [1.54, 1.807) is 11.3 Å². The van der Waals surface area contributed by atoms with Crippen LogP contribution in [0.25, 0.3) is 5.00 Å². The van der Waals surface area contributed by atoms with Gasteiger partial charge in [0.2, 0.25) is 11.8 Å². The highest BCUT2D eigenvalue weighted by Crippen LogP contribution is 2.39. The Bertz CT molecular complexity index is 1900. The minimum atomic E-state index is -1.13. The van der Waals surface area contributed by atoms with Crippen LogP contribution in [0.1, 0.15) is 68.0 Å². The van der Waals surface area contributed by atoms with Crippen molar-refractivity contribution in [3.63, 3.8) is 0 Å². The Morgan fingerprint density at radius 1 is 1.09 bits per heavy atom. The Hall–Kier alpha value is -4.83. The highest BCUT2D eigenvalue weighted by Gasteiger charge is 2.32. The molecule has 0 unspecified atom stereocenters. The first-order chi connectivity index (χ1) is 21.6. The van der Waals surface area contributed by atoms with Crippen LogP contribution >= 0.6 is 22.9 Å². The smallest absolute Gasteiger partial charge is 0.336 e. The lowest BCUT2D eigenvalue weighted by Crippen LogP contribution is -2.29. The van der Waals surface area contributed by atoms with Crippen LogP contribution in [0.5, 0.6) is 0 Å².